The van der Waals surface area contributed by atoms with Gasteiger partial charge in [-0.1, -0.05) is 24.3 Å². The number of hydrogen-bond acceptors (Lipinski definition) is 9. The normalized spacial score (nSPS) is 18.0. The Morgan fingerprint density at radius 1 is 0.724 bits per heavy atom. The van der Waals surface area contributed by atoms with Gasteiger partial charge in [0.2, 0.25) is 12.2 Å². The molecular formula is C20H16O9. The smallest absolute Gasteiger partial charge is 0.359 e. The summed E-state index contributed by atoms with van der Waals surface area (Å²) in [5.74, 6) is -3.77. The zero-order valence-electron chi connectivity index (χ0n) is 15.4. The van der Waals surface area contributed by atoms with E-state index in [-0.39, 0.29) is 22.6 Å². The lowest BCUT2D eigenvalue weighted by molar-refractivity contribution is -0.155. The fourth-order valence-electron chi connectivity index (χ4n) is 2.67. The second-order valence-electron chi connectivity index (χ2n) is 5.79. The molecule has 2 aromatic carbocycles. The number of hydrogen-bond donors (Lipinski definition) is 0. The SMILES string of the molecule is COc1ccccc1C(=O)O[C@@H]1C(=O)OC(=O)[C@H]1OC(=O)c1ccccc1OC. The molecule has 0 radical (unpaired) electrons. The van der Waals surface area contributed by atoms with E-state index in [2.05, 4.69) is 4.74 Å². The molecule has 0 unspecified atom stereocenters. The minimum Gasteiger partial charge on any atom is -0.496 e. The molecule has 29 heavy (non-hydrogen) atoms. The molecule has 0 amide bonds. The van der Waals surface area contributed by atoms with E-state index in [4.69, 9.17) is 18.9 Å². The van der Waals surface area contributed by atoms with Crippen LogP contribution in [0.15, 0.2) is 48.5 Å². The Morgan fingerprint density at radius 3 is 1.48 bits per heavy atom. The first kappa shape index (κ1) is 19.9. The maximum Gasteiger partial charge on any atom is 0.359 e. The number of para-hydroxylation sites is 2. The second kappa shape index (κ2) is 8.42. The average Bonchev–Trinajstić information content (AvgIpc) is 3.00. The molecule has 0 N–H and O–H groups in total. The molecule has 0 bridgehead atoms. The van der Waals surface area contributed by atoms with E-state index in [9.17, 15) is 19.2 Å². The van der Waals surface area contributed by atoms with Gasteiger partial charge >= 0.3 is 23.9 Å². The third-order valence-electron chi connectivity index (χ3n) is 4.06. The third kappa shape index (κ3) is 4.03. The molecule has 0 aromatic heterocycles. The highest BCUT2D eigenvalue weighted by Crippen LogP contribution is 2.25. The Labute approximate surface area is 165 Å². The molecule has 2 aromatic rings. The van der Waals surface area contributed by atoms with Crippen LogP contribution in [0, 0.1) is 0 Å². The summed E-state index contributed by atoms with van der Waals surface area (Å²) in [6, 6.07) is 12.3. The number of esters is 4. The zero-order chi connectivity index (χ0) is 21.0. The summed E-state index contributed by atoms with van der Waals surface area (Å²) in [6.07, 6.45) is -3.50. The molecule has 2 atom stereocenters. The summed E-state index contributed by atoms with van der Waals surface area (Å²) in [4.78, 5) is 48.9. The molecule has 0 spiro atoms. The van der Waals surface area contributed by atoms with Crippen LogP contribution in [0.25, 0.3) is 0 Å². The Hall–Kier alpha value is -3.88. The van der Waals surface area contributed by atoms with Crippen LogP contribution < -0.4 is 9.47 Å². The first-order chi connectivity index (χ1) is 14.0. The van der Waals surface area contributed by atoms with E-state index >= 15 is 0 Å². The van der Waals surface area contributed by atoms with Crippen LogP contribution in [0.3, 0.4) is 0 Å². The summed E-state index contributed by atoms with van der Waals surface area (Å²) in [7, 11) is 2.72. The van der Waals surface area contributed by atoms with Crippen molar-refractivity contribution in [3.63, 3.8) is 0 Å². The summed E-state index contributed by atoms with van der Waals surface area (Å²) in [5.41, 5.74) is 0.0499. The van der Waals surface area contributed by atoms with Gasteiger partial charge in [0.25, 0.3) is 0 Å². The third-order valence-corrected chi connectivity index (χ3v) is 4.06. The first-order valence-corrected chi connectivity index (χ1v) is 8.39. The monoisotopic (exact) mass is 400 g/mol. The minimum atomic E-state index is -1.75. The average molecular weight is 400 g/mol. The van der Waals surface area contributed by atoms with Crippen molar-refractivity contribution >= 4 is 23.9 Å². The predicted octanol–water partition coefficient (Wildman–Crippen LogP) is 1.54. The highest BCUT2D eigenvalue weighted by Gasteiger charge is 2.50. The van der Waals surface area contributed by atoms with Crippen LogP contribution in [0.5, 0.6) is 11.5 Å². The molecule has 0 aliphatic carbocycles. The summed E-state index contributed by atoms with van der Waals surface area (Å²) in [5, 5.41) is 0. The van der Waals surface area contributed by atoms with Gasteiger partial charge < -0.3 is 23.7 Å². The van der Waals surface area contributed by atoms with Gasteiger partial charge in [0.05, 0.1) is 14.2 Å². The summed E-state index contributed by atoms with van der Waals surface area (Å²) in [6.45, 7) is 0. The van der Waals surface area contributed by atoms with E-state index in [0.29, 0.717) is 0 Å². The Morgan fingerprint density at radius 2 is 1.10 bits per heavy atom. The lowest BCUT2D eigenvalue weighted by Gasteiger charge is -2.17. The van der Waals surface area contributed by atoms with Crippen molar-refractivity contribution in [2.24, 2.45) is 0 Å². The van der Waals surface area contributed by atoms with Crippen LogP contribution in [0.4, 0.5) is 0 Å². The lowest BCUT2D eigenvalue weighted by Crippen LogP contribution is -2.37. The van der Waals surface area contributed by atoms with Gasteiger partial charge in [-0.3, -0.25) is 0 Å². The summed E-state index contributed by atoms with van der Waals surface area (Å²) < 4.78 is 24.8. The van der Waals surface area contributed by atoms with Crippen LogP contribution >= 0.6 is 0 Å². The van der Waals surface area contributed by atoms with E-state index < -0.39 is 36.1 Å². The van der Waals surface area contributed by atoms with E-state index in [1.807, 2.05) is 0 Å². The topological polar surface area (TPSA) is 114 Å². The maximum atomic E-state index is 12.5. The van der Waals surface area contributed by atoms with Gasteiger partial charge in [0, 0.05) is 0 Å². The molecular weight excluding hydrogens is 384 g/mol. The molecule has 1 saturated heterocycles. The molecule has 1 aliphatic heterocycles. The van der Waals surface area contributed by atoms with Crippen LogP contribution in [0.2, 0.25) is 0 Å². The quantitative estimate of drug-likeness (QED) is 0.404. The molecule has 3 rings (SSSR count). The fraction of sp³-hybridized carbons (Fsp3) is 0.200. The number of benzene rings is 2. The van der Waals surface area contributed by atoms with Crippen molar-refractivity contribution in [1.82, 2.24) is 0 Å². The van der Waals surface area contributed by atoms with E-state index in [1.54, 1.807) is 24.3 Å². The van der Waals surface area contributed by atoms with Crippen molar-refractivity contribution in [3.8, 4) is 11.5 Å². The van der Waals surface area contributed by atoms with Gasteiger partial charge in [0.1, 0.15) is 22.6 Å². The predicted molar refractivity (Wildman–Crippen MR) is 95.5 cm³/mol. The molecule has 1 fully saturated rings. The fourth-order valence-corrected chi connectivity index (χ4v) is 2.67. The number of carbonyl (C=O) groups excluding carboxylic acids is 4. The van der Waals surface area contributed by atoms with Crippen molar-refractivity contribution in [2.75, 3.05) is 14.2 Å². The second-order valence-corrected chi connectivity index (χ2v) is 5.79. The summed E-state index contributed by atoms with van der Waals surface area (Å²) >= 11 is 0. The van der Waals surface area contributed by atoms with Crippen LogP contribution in [-0.4, -0.2) is 50.3 Å². The van der Waals surface area contributed by atoms with Crippen molar-refractivity contribution in [3.05, 3.63) is 59.7 Å². The minimum absolute atomic E-state index is 0.0250. The number of ether oxygens (including phenoxy) is 5. The van der Waals surface area contributed by atoms with E-state index in [0.717, 1.165) is 0 Å². The van der Waals surface area contributed by atoms with Gasteiger partial charge in [-0.2, -0.15) is 0 Å². The van der Waals surface area contributed by atoms with E-state index in [1.165, 1.54) is 38.5 Å². The lowest BCUT2D eigenvalue weighted by atomic mass is 10.2. The largest absolute Gasteiger partial charge is 0.496 e. The van der Waals surface area contributed by atoms with Crippen molar-refractivity contribution in [2.45, 2.75) is 12.2 Å². The molecule has 9 nitrogen and oxygen atoms in total. The van der Waals surface area contributed by atoms with Gasteiger partial charge in [0.15, 0.2) is 0 Å². The Kier molecular flexibility index (Phi) is 5.77. The van der Waals surface area contributed by atoms with Gasteiger partial charge in [-0.15, -0.1) is 0 Å². The van der Waals surface area contributed by atoms with Crippen LogP contribution in [-0.2, 0) is 23.8 Å². The number of rotatable bonds is 6. The molecule has 1 aliphatic rings. The number of methoxy groups -OCH3 is 2. The molecule has 150 valence electrons. The maximum absolute atomic E-state index is 12.5. The zero-order valence-corrected chi connectivity index (χ0v) is 15.4. The Balaban J connectivity index is 1.80. The van der Waals surface area contributed by atoms with Crippen molar-refractivity contribution < 1.29 is 42.9 Å². The first-order valence-electron chi connectivity index (χ1n) is 8.39. The van der Waals surface area contributed by atoms with Crippen molar-refractivity contribution in [1.29, 1.82) is 0 Å². The number of cyclic esters (lactones) is 2. The highest BCUT2D eigenvalue weighted by atomic mass is 16.7. The molecule has 0 saturated carbocycles. The standard InChI is InChI=1S/C20H16O9/c1-25-13-9-5-3-7-11(13)17(21)27-15-16(20(24)29-19(15)23)28-18(22)12-8-4-6-10-14(12)26-2/h3-10,15-16H,1-2H3/t15-,16-/m0/s1. The molecule has 1 heterocycles. The Bertz CT molecular complexity index is 888. The molecule has 9 heteroatoms. The number of carbonyl (C=O) groups is 4. The highest BCUT2D eigenvalue weighted by molar-refractivity contribution is 6.04. The van der Waals surface area contributed by atoms with Gasteiger partial charge in [-0.05, 0) is 24.3 Å². The van der Waals surface area contributed by atoms with Gasteiger partial charge in [-0.25, -0.2) is 19.2 Å². The van der Waals surface area contributed by atoms with Crippen LogP contribution in [0.1, 0.15) is 20.7 Å².